The van der Waals surface area contributed by atoms with Crippen LogP contribution in [0.1, 0.15) is 62.5 Å². The molecular weight excluding hydrogens is 599 g/mol. The van der Waals surface area contributed by atoms with E-state index in [9.17, 15) is 18.0 Å². The molecule has 4 aliphatic rings. The quantitative estimate of drug-likeness (QED) is 0.455. The lowest BCUT2D eigenvalue weighted by Crippen LogP contribution is -2.63. The molecule has 4 fully saturated rings. The van der Waals surface area contributed by atoms with Crippen molar-refractivity contribution in [1.29, 1.82) is 0 Å². The van der Waals surface area contributed by atoms with Gasteiger partial charge in [0.15, 0.2) is 5.69 Å². The molecule has 0 aliphatic carbocycles. The molecule has 0 bridgehead atoms. The largest absolute Gasteiger partial charge is 0.444 e. The highest BCUT2D eigenvalue weighted by molar-refractivity contribution is 6.34. The Kier molecular flexibility index (Phi) is 8.42. The number of piperazine rings is 1. The second-order valence-electron chi connectivity index (χ2n) is 13.3. The van der Waals surface area contributed by atoms with Crippen LogP contribution in [0, 0.1) is 6.92 Å². The third kappa shape index (κ3) is 6.32. The number of alkyl halides is 3. The summed E-state index contributed by atoms with van der Waals surface area (Å²) in [6, 6.07) is 2.14. The number of anilines is 2. The van der Waals surface area contributed by atoms with Gasteiger partial charge in [0.25, 0.3) is 0 Å². The minimum absolute atomic E-state index is 0.169. The lowest BCUT2D eigenvalue weighted by molar-refractivity contribution is -0.141. The van der Waals surface area contributed by atoms with Gasteiger partial charge in [-0.05, 0) is 46.1 Å². The van der Waals surface area contributed by atoms with E-state index in [0.29, 0.717) is 77.1 Å². The highest BCUT2D eigenvalue weighted by Gasteiger charge is 2.41. The van der Waals surface area contributed by atoms with Crippen molar-refractivity contribution < 1.29 is 27.4 Å². The summed E-state index contributed by atoms with van der Waals surface area (Å²) in [5.74, 6) is 0.581. The van der Waals surface area contributed by atoms with Crippen LogP contribution in [-0.4, -0.2) is 108 Å². The van der Waals surface area contributed by atoms with Gasteiger partial charge >= 0.3 is 12.3 Å². The molecule has 1 amide bonds. The fourth-order valence-corrected chi connectivity index (χ4v) is 6.89. The number of carbonyl (C=O) groups excluding carboxylic acids is 1. The molecule has 2 aromatic rings. The number of hydrogen-bond acceptors (Lipinski definition) is 8. The van der Waals surface area contributed by atoms with Gasteiger partial charge in [-0.15, -0.1) is 0 Å². The fourth-order valence-electron chi connectivity index (χ4n) is 6.57. The number of piperidine rings is 1. The summed E-state index contributed by atoms with van der Waals surface area (Å²) in [7, 11) is 0. The molecule has 4 aliphatic heterocycles. The van der Waals surface area contributed by atoms with Gasteiger partial charge in [-0.25, -0.2) is 9.78 Å². The van der Waals surface area contributed by atoms with Crippen molar-refractivity contribution in [1.82, 2.24) is 24.6 Å². The number of halogens is 4. The number of nitrogens with zero attached hydrogens (tertiary/aromatic N) is 7. The van der Waals surface area contributed by atoms with Crippen molar-refractivity contribution in [3.05, 3.63) is 34.2 Å². The van der Waals surface area contributed by atoms with Gasteiger partial charge in [0.2, 0.25) is 0 Å². The van der Waals surface area contributed by atoms with Crippen LogP contribution >= 0.6 is 11.6 Å². The molecule has 0 atom stereocenters. The molecule has 2 aromatic heterocycles. The second-order valence-corrected chi connectivity index (χ2v) is 13.7. The summed E-state index contributed by atoms with van der Waals surface area (Å²) in [6.45, 7) is 13.7. The maximum atomic E-state index is 14.1. The molecule has 242 valence electrons. The van der Waals surface area contributed by atoms with E-state index < -0.39 is 17.5 Å². The Morgan fingerprint density at radius 1 is 1.00 bits per heavy atom. The highest BCUT2D eigenvalue weighted by atomic mass is 35.5. The predicted octanol–water partition coefficient (Wildman–Crippen LogP) is 4.96. The lowest BCUT2D eigenvalue weighted by atomic mass is 9.91. The number of aromatic nitrogens is 3. The molecule has 4 saturated heterocycles. The van der Waals surface area contributed by atoms with Crippen LogP contribution in [0.3, 0.4) is 0 Å². The van der Waals surface area contributed by atoms with E-state index in [2.05, 4.69) is 26.6 Å². The van der Waals surface area contributed by atoms with Crippen molar-refractivity contribution >= 4 is 29.2 Å². The van der Waals surface area contributed by atoms with E-state index in [0.717, 1.165) is 18.4 Å². The SMILES string of the molecule is Cc1cnn(C2COC2)c1C1CCN(c2cc(N3CC(N4CCN(C(=O)OC(C)(C)C)CC4)C3)c(Cl)c(C(F)(F)F)n2)CC1. The summed E-state index contributed by atoms with van der Waals surface area (Å²) >= 11 is 6.39. The summed E-state index contributed by atoms with van der Waals surface area (Å²) in [5.41, 5.74) is 1.12. The zero-order chi connectivity index (χ0) is 31.4. The Balaban J connectivity index is 1.11. The van der Waals surface area contributed by atoms with Crippen molar-refractivity contribution in [2.75, 3.05) is 75.4 Å². The zero-order valence-corrected chi connectivity index (χ0v) is 26.5. The van der Waals surface area contributed by atoms with Gasteiger partial charge < -0.3 is 24.2 Å². The Bertz CT molecular complexity index is 1350. The molecular formula is C30H41ClF3N7O3. The number of pyridine rings is 1. The molecule has 44 heavy (non-hydrogen) atoms. The first-order valence-corrected chi connectivity index (χ1v) is 15.8. The van der Waals surface area contributed by atoms with Gasteiger partial charge in [-0.1, -0.05) is 11.6 Å². The monoisotopic (exact) mass is 639 g/mol. The average molecular weight is 640 g/mol. The molecule has 6 rings (SSSR count). The molecule has 0 saturated carbocycles. The number of rotatable bonds is 5. The van der Waals surface area contributed by atoms with Crippen LogP contribution < -0.4 is 9.80 Å². The minimum atomic E-state index is -4.67. The number of amides is 1. The standard InChI is InChI=1S/C30H41ClF3N7O3/c1-19-14-35-41(22-17-43-18-22)26(19)20-5-7-38(8-6-20)24-13-23(25(31)27(36-24)30(32,33)34)40-15-21(16-40)37-9-11-39(12-10-37)28(42)44-29(2,3)4/h13-14,20-22H,5-12,15-18H2,1-4H3. The van der Waals surface area contributed by atoms with Crippen molar-refractivity contribution in [3.63, 3.8) is 0 Å². The molecule has 6 heterocycles. The van der Waals surface area contributed by atoms with E-state index >= 15 is 0 Å². The van der Waals surface area contributed by atoms with E-state index in [4.69, 9.17) is 21.1 Å². The summed E-state index contributed by atoms with van der Waals surface area (Å²) in [5, 5.41) is 4.23. The lowest BCUT2D eigenvalue weighted by Gasteiger charge is -2.49. The molecule has 0 spiro atoms. The molecule has 0 aromatic carbocycles. The molecule has 0 N–H and O–H groups in total. The first-order valence-electron chi connectivity index (χ1n) is 15.4. The summed E-state index contributed by atoms with van der Waals surface area (Å²) in [4.78, 5) is 24.3. The Labute approximate surface area is 261 Å². The Morgan fingerprint density at radius 3 is 2.23 bits per heavy atom. The zero-order valence-electron chi connectivity index (χ0n) is 25.7. The predicted molar refractivity (Wildman–Crippen MR) is 161 cm³/mol. The Morgan fingerprint density at radius 2 is 1.66 bits per heavy atom. The van der Waals surface area contributed by atoms with E-state index in [-0.39, 0.29) is 29.1 Å². The van der Waals surface area contributed by atoms with Crippen LogP contribution in [0.4, 0.5) is 29.5 Å². The third-order valence-electron chi connectivity index (χ3n) is 9.08. The van der Waals surface area contributed by atoms with E-state index in [1.54, 1.807) is 11.0 Å². The van der Waals surface area contributed by atoms with Crippen LogP contribution in [0.5, 0.6) is 0 Å². The maximum Gasteiger partial charge on any atom is 0.434 e. The van der Waals surface area contributed by atoms with Gasteiger partial charge in [0.1, 0.15) is 11.4 Å². The van der Waals surface area contributed by atoms with Crippen LogP contribution in [0.25, 0.3) is 0 Å². The van der Waals surface area contributed by atoms with Gasteiger partial charge in [0.05, 0.1) is 36.2 Å². The molecule has 10 nitrogen and oxygen atoms in total. The fraction of sp³-hybridized carbons (Fsp3) is 0.700. The molecule has 0 radical (unpaired) electrons. The van der Waals surface area contributed by atoms with Crippen LogP contribution in [0.15, 0.2) is 12.3 Å². The number of aryl methyl sites for hydroxylation is 1. The number of ether oxygens (including phenoxy) is 2. The number of carbonyl (C=O) groups is 1. The normalized spacial score (nSPS) is 21.4. The van der Waals surface area contributed by atoms with Crippen molar-refractivity contribution in [3.8, 4) is 0 Å². The average Bonchev–Trinajstić information content (AvgIpc) is 3.27. The maximum absolute atomic E-state index is 14.1. The van der Waals surface area contributed by atoms with E-state index in [1.807, 2.05) is 36.8 Å². The topological polar surface area (TPSA) is 79.2 Å². The van der Waals surface area contributed by atoms with E-state index in [1.165, 1.54) is 5.69 Å². The minimum Gasteiger partial charge on any atom is -0.444 e. The Hall–Kier alpha value is -2.77. The third-order valence-corrected chi connectivity index (χ3v) is 9.45. The number of hydrogen-bond donors (Lipinski definition) is 0. The second kappa shape index (κ2) is 11.9. The van der Waals surface area contributed by atoms with Crippen LogP contribution in [0.2, 0.25) is 5.02 Å². The first-order chi connectivity index (χ1) is 20.8. The smallest absolute Gasteiger partial charge is 0.434 e. The van der Waals surface area contributed by atoms with Crippen molar-refractivity contribution in [2.45, 2.75) is 70.3 Å². The van der Waals surface area contributed by atoms with Crippen LogP contribution in [-0.2, 0) is 15.7 Å². The van der Waals surface area contributed by atoms with Gasteiger partial charge in [-0.2, -0.15) is 18.3 Å². The molecule has 14 heteroatoms. The molecule has 0 unspecified atom stereocenters. The summed E-state index contributed by atoms with van der Waals surface area (Å²) in [6.07, 6.45) is -1.51. The first kappa shape index (κ1) is 31.2. The van der Waals surface area contributed by atoms with Gasteiger partial charge in [-0.3, -0.25) is 9.58 Å². The van der Waals surface area contributed by atoms with Gasteiger partial charge in [0, 0.05) is 76.1 Å². The van der Waals surface area contributed by atoms with Crippen molar-refractivity contribution in [2.24, 2.45) is 0 Å². The summed E-state index contributed by atoms with van der Waals surface area (Å²) < 4.78 is 55.3. The highest BCUT2D eigenvalue weighted by Crippen LogP contribution is 2.43.